The summed E-state index contributed by atoms with van der Waals surface area (Å²) in [6.07, 6.45) is 9.93. The predicted octanol–water partition coefficient (Wildman–Crippen LogP) is 4.35. The molecule has 0 heterocycles. The molecule has 17 heavy (non-hydrogen) atoms. The van der Waals surface area contributed by atoms with E-state index in [0.29, 0.717) is 12.2 Å². The maximum absolute atomic E-state index is 13.9. The zero-order valence-electron chi connectivity index (χ0n) is 10.7. The summed E-state index contributed by atoms with van der Waals surface area (Å²) in [6, 6.07) is 0. The quantitative estimate of drug-likeness (QED) is 0.689. The minimum Gasteiger partial charge on any atom is -0.385 e. The van der Waals surface area contributed by atoms with Gasteiger partial charge in [-0.15, -0.1) is 0 Å². The van der Waals surface area contributed by atoms with Gasteiger partial charge in [0.15, 0.2) is 0 Å². The molecule has 0 spiro atoms. The number of rotatable bonds is 5. The van der Waals surface area contributed by atoms with Crippen molar-refractivity contribution in [3.63, 3.8) is 0 Å². The minimum atomic E-state index is -0.149. The summed E-state index contributed by atoms with van der Waals surface area (Å²) < 4.78 is 18.9. The average Bonchev–Trinajstić information content (AvgIpc) is 2.30. The lowest BCUT2D eigenvalue weighted by atomic mass is 9.91. The van der Waals surface area contributed by atoms with Crippen LogP contribution in [0.3, 0.4) is 0 Å². The van der Waals surface area contributed by atoms with Crippen molar-refractivity contribution in [3.8, 4) is 0 Å². The molecule has 0 aromatic carbocycles. The lowest BCUT2D eigenvalue weighted by molar-refractivity contribution is 0.185. The molecule has 1 aliphatic rings. The summed E-state index contributed by atoms with van der Waals surface area (Å²) in [6.45, 7) is 6.74. The Hall–Kier alpha value is -1.15. The summed E-state index contributed by atoms with van der Waals surface area (Å²) in [5, 5.41) is 0. The van der Waals surface area contributed by atoms with E-state index in [2.05, 4.69) is 19.6 Å². The molecule has 1 atom stereocenters. The molecule has 0 amide bonds. The molecule has 0 N–H and O–H groups in total. The zero-order valence-corrected chi connectivity index (χ0v) is 10.7. The molecule has 1 nitrogen and oxygen atoms in total. The highest BCUT2D eigenvalue weighted by atomic mass is 19.1. The molecule has 2 heteroatoms. The zero-order chi connectivity index (χ0) is 12.7. The van der Waals surface area contributed by atoms with E-state index in [1.165, 1.54) is 0 Å². The van der Waals surface area contributed by atoms with Crippen molar-refractivity contribution in [2.24, 2.45) is 5.92 Å². The van der Waals surface area contributed by atoms with Crippen LogP contribution < -0.4 is 0 Å². The molecule has 0 bridgehead atoms. The molecule has 94 valence electrons. The Morgan fingerprint density at radius 1 is 1.53 bits per heavy atom. The van der Waals surface area contributed by atoms with E-state index in [1.54, 1.807) is 13.2 Å². The molecule has 0 aromatic rings. The first kappa shape index (κ1) is 13.9. The topological polar surface area (TPSA) is 9.23 Å². The molecule has 1 rings (SSSR count). The normalized spacial score (nSPS) is 17.8. The highest BCUT2D eigenvalue weighted by Gasteiger charge is 2.14. The van der Waals surface area contributed by atoms with Crippen LogP contribution in [0.5, 0.6) is 0 Å². The van der Waals surface area contributed by atoms with Gasteiger partial charge in [0, 0.05) is 19.3 Å². The molecule has 1 aliphatic carbocycles. The molecule has 0 saturated heterocycles. The van der Waals surface area contributed by atoms with Crippen LogP contribution in [-0.4, -0.2) is 13.7 Å². The van der Waals surface area contributed by atoms with Gasteiger partial charge in [-0.3, -0.25) is 0 Å². The maximum Gasteiger partial charge on any atom is 0.126 e. The Morgan fingerprint density at radius 3 is 3.00 bits per heavy atom. The van der Waals surface area contributed by atoms with Crippen molar-refractivity contribution in [1.82, 2.24) is 0 Å². The van der Waals surface area contributed by atoms with E-state index >= 15 is 0 Å². The van der Waals surface area contributed by atoms with Crippen LogP contribution >= 0.6 is 0 Å². The van der Waals surface area contributed by atoms with Gasteiger partial charge in [-0.1, -0.05) is 31.7 Å². The van der Waals surface area contributed by atoms with Gasteiger partial charge in [0.25, 0.3) is 0 Å². The highest BCUT2D eigenvalue weighted by molar-refractivity contribution is 5.45. The fourth-order valence-corrected chi connectivity index (χ4v) is 1.75. The van der Waals surface area contributed by atoms with Crippen molar-refractivity contribution in [2.75, 3.05) is 13.7 Å². The van der Waals surface area contributed by atoms with Gasteiger partial charge in [0.2, 0.25) is 0 Å². The van der Waals surface area contributed by atoms with Crippen LogP contribution in [0.25, 0.3) is 0 Å². The molecule has 0 aromatic heterocycles. The summed E-state index contributed by atoms with van der Waals surface area (Å²) in [5.41, 5.74) is 1.48. The van der Waals surface area contributed by atoms with E-state index in [4.69, 9.17) is 4.74 Å². The molecule has 0 saturated carbocycles. The van der Waals surface area contributed by atoms with Gasteiger partial charge in [-0.2, -0.15) is 0 Å². The Kier molecular flexibility index (Phi) is 5.92. The van der Waals surface area contributed by atoms with Gasteiger partial charge in [0.05, 0.1) is 0 Å². The number of ether oxygens (including phenoxy) is 1. The highest BCUT2D eigenvalue weighted by Crippen LogP contribution is 2.28. The molecule has 0 aliphatic heterocycles. The molecule has 1 unspecified atom stereocenters. The smallest absolute Gasteiger partial charge is 0.126 e. The number of hydrogen-bond donors (Lipinski definition) is 0. The lowest BCUT2D eigenvalue weighted by Crippen LogP contribution is -2.05. The lowest BCUT2D eigenvalue weighted by Gasteiger charge is -2.17. The van der Waals surface area contributed by atoms with Gasteiger partial charge < -0.3 is 4.74 Å². The SMILES string of the molecule is C=C(C1=CC=CCCC=C1F)C(C)CCOC. The number of halogens is 1. The van der Waals surface area contributed by atoms with E-state index in [-0.39, 0.29) is 11.7 Å². The van der Waals surface area contributed by atoms with Crippen molar-refractivity contribution in [3.05, 3.63) is 47.9 Å². The average molecular weight is 236 g/mol. The second-order valence-electron chi connectivity index (χ2n) is 4.35. The second kappa shape index (κ2) is 7.23. The first-order valence-electron chi connectivity index (χ1n) is 6.07. The monoisotopic (exact) mass is 236 g/mol. The Morgan fingerprint density at radius 2 is 2.29 bits per heavy atom. The molecular formula is C15H21FO. The molecule has 0 fully saturated rings. The van der Waals surface area contributed by atoms with Crippen LogP contribution in [0.4, 0.5) is 4.39 Å². The second-order valence-corrected chi connectivity index (χ2v) is 4.35. The largest absolute Gasteiger partial charge is 0.385 e. The summed E-state index contributed by atoms with van der Waals surface area (Å²) in [4.78, 5) is 0. The summed E-state index contributed by atoms with van der Waals surface area (Å²) in [7, 11) is 1.67. The summed E-state index contributed by atoms with van der Waals surface area (Å²) >= 11 is 0. The van der Waals surface area contributed by atoms with Gasteiger partial charge in [0.1, 0.15) is 5.83 Å². The van der Waals surface area contributed by atoms with E-state index in [1.807, 2.05) is 12.2 Å². The number of hydrogen-bond acceptors (Lipinski definition) is 1. The van der Waals surface area contributed by atoms with E-state index < -0.39 is 0 Å². The van der Waals surface area contributed by atoms with Crippen LogP contribution in [0.15, 0.2) is 47.9 Å². The van der Waals surface area contributed by atoms with Crippen LogP contribution in [0.2, 0.25) is 0 Å². The van der Waals surface area contributed by atoms with Crippen LogP contribution in [0, 0.1) is 5.92 Å². The standard InChI is InChI=1S/C15H21FO/c1-12(10-11-17-3)13(2)14-8-6-4-5-7-9-15(14)16/h4,6,8-9,12H,2,5,7,10-11H2,1,3H3. The Balaban J connectivity index is 2.77. The van der Waals surface area contributed by atoms with Crippen molar-refractivity contribution < 1.29 is 9.13 Å². The van der Waals surface area contributed by atoms with Gasteiger partial charge in [-0.25, -0.2) is 4.39 Å². The minimum absolute atomic E-state index is 0.149. The van der Waals surface area contributed by atoms with Gasteiger partial charge >= 0.3 is 0 Å². The third-order valence-corrected chi connectivity index (χ3v) is 3.01. The Labute approximate surface area is 103 Å². The third-order valence-electron chi connectivity index (χ3n) is 3.01. The van der Waals surface area contributed by atoms with E-state index in [9.17, 15) is 4.39 Å². The molecular weight excluding hydrogens is 215 g/mol. The van der Waals surface area contributed by atoms with Crippen molar-refractivity contribution in [2.45, 2.75) is 26.2 Å². The number of allylic oxidation sites excluding steroid dienone is 7. The Bertz CT molecular complexity index is 350. The predicted molar refractivity (Wildman–Crippen MR) is 70.4 cm³/mol. The van der Waals surface area contributed by atoms with Crippen LogP contribution in [-0.2, 0) is 4.74 Å². The fourth-order valence-electron chi connectivity index (χ4n) is 1.75. The first-order valence-corrected chi connectivity index (χ1v) is 6.07. The van der Waals surface area contributed by atoms with Crippen molar-refractivity contribution >= 4 is 0 Å². The van der Waals surface area contributed by atoms with Crippen molar-refractivity contribution in [1.29, 1.82) is 0 Å². The maximum atomic E-state index is 13.9. The van der Waals surface area contributed by atoms with E-state index in [0.717, 1.165) is 24.8 Å². The fraction of sp³-hybridized carbons (Fsp3) is 0.467. The van der Waals surface area contributed by atoms with Gasteiger partial charge in [-0.05, 0) is 36.8 Å². The third kappa shape index (κ3) is 4.31. The molecule has 0 radical (unpaired) electrons. The van der Waals surface area contributed by atoms with Crippen LogP contribution in [0.1, 0.15) is 26.2 Å². The summed E-state index contributed by atoms with van der Waals surface area (Å²) in [5.74, 6) is 0.0804. The number of methoxy groups -OCH3 is 1. The first-order chi connectivity index (χ1) is 8.16.